The normalized spacial score (nSPS) is 11.0. The van der Waals surface area contributed by atoms with E-state index in [1.54, 1.807) is 11.9 Å². The molecule has 0 aromatic carbocycles. The molecule has 0 rings (SSSR count). The largest absolute Gasteiger partial charge is 0.395 e. The van der Waals surface area contributed by atoms with Gasteiger partial charge < -0.3 is 10.0 Å². The fourth-order valence-electron chi connectivity index (χ4n) is 3.11. The average molecular weight is 342 g/mol. The van der Waals surface area contributed by atoms with Crippen LogP contribution in [0.2, 0.25) is 0 Å². The average Bonchev–Trinajstić information content (AvgIpc) is 2.58. The molecule has 0 aliphatic rings. The highest BCUT2D eigenvalue weighted by atomic mass is 16.3. The van der Waals surface area contributed by atoms with E-state index in [-0.39, 0.29) is 12.5 Å². The van der Waals surface area contributed by atoms with E-state index in [1.807, 2.05) is 0 Å². The summed E-state index contributed by atoms with van der Waals surface area (Å²) in [5.41, 5.74) is 0. The summed E-state index contributed by atoms with van der Waals surface area (Å²) in [6.07, 6.45) is 20.8. The Balaban J connectivity index is 3.14. The van der Waals surface area contributed by atoms with Gasteiger partial charge in [-0.15, -0.1) is 0 Å². The van der Waals surface area contributed by atoms with Crippen molar-refractivity contribution in [3.63, 3.8) is 0 Å². The van der Waals surface area contributed by atoms with Gasteiger partial charge in [-0.2, -0.15) is 0 Å². The van der Waals surface area contributed by atoms with E-state index in [0.29, 0.717) is 13.0 Å². The molecule has 0 atom stereocenters. The summed E-state index contributed by atoms with van der Waals surface area (Å²) in [5, 5.41) is 8.80. The van der Waals surface area contributed by atoms with Crippen molar-refractivity contribution in [3.05, 3.63) is 0 Å². The SMILES string of the molecule is CCCCCCCCCCCCCCCCCC(=O)N(C)CCO. The lowest BCUT2D eigenvalue weighted by molar-refractivity contribution is -0.130. The number of hydrogen-bond acceptors (Lipinski definition) is 2. The van der Waals surface area contributed by atoms with Crippen molar-refractivity contribution in [2.45, 2.75) is 110 Å². The Morgan fingerprint density at radius 2 is 1.08 bits per heavy atom. The van der Waals surface area contributed by atoms with Crippen molar-refractivity contribution < 1.29 is 9.90 Å². The van der Waals surface area contributed by atoms with Gasteiger partial charge in [0, 0.05) is 20.0 Å². The zero-order valence-electron chi connectivity index (χ0n) is 16.5. The second-order valence-corrected chi connectivity index (χ2v) is 7.24. The van der Waals surface area contributed by atoms with Crippen molar-refractivity contribution in [1.82, 2.24) is 4.90 Å². The zero-order valence-corrected chi connectivity index (χ0v) is 16.5. The van der Waals surface area contributed by atoms with E-state index in [1.165, 1.54) is 83.5 Å². The molecule has 1 N–H and O–H groups in total. The van der Waals surface area contributed by atoms with Crippen molar-refractivity contribution in [2.24, 2.45) is 0 Å². The number of likely N-dealkylation sites (N-methyl/N-ethyl adjacent to an activating group) is 1. The molecule has 0 bridgehead atoms. The summed E-state index contributed by atoms with van der Waals surface area (Å²) in [4.78, 5) is 13.3. The minimum Gasteiger partial charge on any atom is -0.395 e. The molecule has 0 radical (unpaired) electrons. The molecule has 3 nitrogen and oxygen atoms in total. The van der Waals surface area contributed by atoms with Crippen LogP contribution in [0.3, 0.4) is 0 Å². The molecule has 24 heavy (non-hydrogen) atoms. The summed E-state index contributed by atoms with van der Waals surface area (Å²) in [5.74, 6) is 0.166. The highest BCUT2D eigenvalue weighted by Crippen LogP contribution is 2.13. The van der Waals surface area contributed by atoms with E-state index in [2.05, 4.69) is 6.92 Å². The first kappa shape index (κ1) is 23.4. The first-order valence-corrected chi connectivity index (χ1v) is 10.6. The van der Waals surface area contributed by atoms with Crippen LogP contribution < -0.4 is 0 Å². The number of aliphatic hydroxyl groups excluding tert-OH is 1. The summed E-state index contributed by atoms with van der Waals surface area (Å²) >= 11 is 0. The maximum absolute atomic E-state index is 11.7. The Hall–Kier alpha value is -0.570. The van der Waals surface area contributed by atoms with Gasteiger partial charge in [-0.05, 0) is 6.42 Å². The molecule has 0 aliphatic heterocycles. The molecule has 144 valence electrons. The number of amides is 1. The van der Waals surface area contributed by atoms with Crippen molar-refractivity contribution in [3.8, 4) is 0 Å². The van der Waals surface area contributed by atoms with E-state index >= 15 is 0 Å². The first-order valence-electron chi connectivity index (χ1n) is 10.6. The summed E-state index contributed by atoms with van der Waals surface area (Å²) < 4.78 is 0. The molecule has 0 fully saturated rings. The third-order valence-electron chi connectivity index (χ3n) is 4.86. The van der Waals surface area contributed by atoms with Gasteiger partial charge in [-0.25, -0.2) is 0 Å². The molecule has 0 unspecified atom stereocenters. The maximum Gasteiger partial charge on any atom is 0.222 e. The van der Waals surface area contributed by atoms with Gasteiger partial charge in [-0.3, -0.25) is 4.79 Å². The fraction of sp³-hybridized carbons (Fsp3) is 0.952. The Morgan fingerprint density at radius 1 is 0.708 bits per heavy atom. The van der Waals surface area contributed by atoms with Gasteiger partial charge in [-0.1, -0.05) is 96.8 Å². The maximum atomic E-state index is 11.7. The molecule has 0 aromatic rings. The van der Waals surface area contributed by atoms with Crippen molar-refractivity contribution in [1.29, 1.82) is 0 Å². The topological polar surface area (TPSA) is 40.5 Å². The van der Waals surface area contributed by atoms with Gasteiger partial charge in [0.15, 0.2) is 0 Å². The lowest BCUT2D eigenvalue weighted by atomic mass is 10.0. The minimum absolute atomic E-state index is 0.0566. The van der Waals surface area contributed by atoms with Crippen molar-refractivity contribution in [2.75, 3.05) is 20.2 Å². The van der Waals surface area contributed by atoms with Crippen LogP contribution in [0, 0.1) is 0 Å². The zero-order chi connectivity index (χ0) is 17.9. The van der Waals surface area contributed by atoms with E-state index < -0.39 is 0 Å². The minimum atomic E-state index is 0.0566. The number of hydrogen-bond donors (Lipinski definition) is 1. The van der Waals surface area contributed by atoms with Crippen LogP contribution in [0.4, 0.5) is 0 Å². The van der Waals surface area contributed by atoms with Gasteiger partial charge in [0.25, 0.3) is 0 Å². The van der Waals surface area contributed by atoms with E-state index in [0.717, 1.165) is 12.8 Å². The number of rotatable bonds is 18. The van der Waals surface area contributed by atoms with E-state index in [4.69, 9.17) is 5.11 Å². The number of unbranched alkanes of at least 4 members (excludes halogenated alkanes) is 14. The number of carbonyl (C=O) groups is 1. The van der Waals surface area contributed by atoms with Crippen LogP contribution in [-0.2, 0) is 4.79 Å². The Kier molecular flexibility index (Phi) is 18.3. The lowest BCUT2D eigenvalue weighted by Gasteiger charge is -2.15. The van der Waals surface area contributed by atoms with Gasteiger partial charge in [0.2, 0.25) is 5.91 Å². The third-order valence-corrected chi connectivity index (χ3v) is 4.86. The molecule has 3 heteroatoms. The van der Waals surface area contributed by atoms with Gasteiger partial charge in [0.1, 0.15) is 0 Å². The van der Waals surface area contributed by atoms with Crippen LogP contribution in [0.1, 0.15) is 110 Å². The summed E-state index contributed by atoms with van der Waals surface area (Å²) in [6, 6.07) is 0. The second kappa shape index (κ2) is 18.8. The molecule has 0 aliphatic carbocycles. The van der Waals surface area contributed by atoms with Crippen LogP contribution in [0.5, 0.6) is 0 Å². The quantitative estimate of drug-likeness (QED) is 0.325. The van der Waals surface area contributed by atoms with Crippen molar-refractivity contribution >= 4 is 5.91 Å². The molecule has 0 saturated heterocycles. The van der Waals surface area contributed by atoms with Crippen LogP contribution in [0.25, 0.3) is 0 Å². The molecule has 0 heterocycles. The first-order chi connectivity index (χ1) is 11.7. The Bertz CT molecular complexity index is 269. The van der Waals surface area contributed by atoms with E-state index in [9.17, 15) is 4.79 Å². The molecular formula is C21H43NO2. The number of aliphatic hydroxyl groups is 1. The van der Waals surface area contributed by atoms with Crippen LogP contribution >= 0.6 is 0 Å². The highest BCUT2D eigenvalue weighted by molar-refractivity contribution is 5.75. The molecular weight excluding hydrogens is 298 g/mol. The fourth-order valence-corrected chi connectivity index (χ4v) is 3.11. The van der Waals surface area contributed by atoms with Crippen LogP contribution in [-0.4, -0.2) is 36.1 Å². The monoisotopic (exact) mass is 341 g/mol. The lowest BCUT2D eigenvalue weighted by Crippen LogP contribution is -2.29. The predicted octanol–water partition coefficient (Wildman–Crippen LogP) is 5.70. The third kappa shape index (κ3) is 16.3. The predicted molar refractivity (Wildman–Crippen MR) is 104 cm³/mol. The molecule has 0 aromatic heterocycles. The number of nitrogens with zero attached hydrogens (tertiary/aromatic N) is 1. The van der Waals surface area contributed by atoms with Gasteiger partial charge in [0.05, 0.1) is 6.61 Å². The van der Waals surface area contributed by atoms with Crippen LogP contribution in [0.15, 0.2) is 0 Å². The standard InChI is InChI=1S/C21H43NO2/c1-3-4-5-6-7-8-9-10-11-12-13-14-15-16-17-18-21(24)22(2)19-20-23/h23H,3-20H2,1-2H3. The molecule has 1 amide bonds. The Labute approximate surface area is 151 Å². The molecule has 0 saturated carbocycles. The number of carbonyl (C=O) groups excluding carboxylic acids is 1. The highest BCUT2D eigenvalue weighted by Gasteiger charge is 2.06. The summed E-state index contributed by atoms with van der Waals surface area (Å²) in [7, 11) is 1.77. The Morgan fingerprint density at radius 3 is 1.46 bits per heavy atom. The second-order valence-electron chi connectivity index (χ2n) is 7.24. The molecule has 0 spiro atoms. The van der Waals surface area contributed by atoms with Gasteiger partial charge >= 0.3 is 0 Å². The smallest absolute Gasteiger partial charge is 0.222 e. The summed E-state index contributed by atoms with van der Waals surface area (Å²) in [6.45, 7) is 2.79.